The second kappa shape index (κ2) is 15.9. The highest BCUT2D eigenvalue weighted by Crippen LogP contribution is 2.39. The van der Waals surface area contributed by atoms with Crippen LogP contribution < -0.4 is 10.1 Å². The van der Waals surface area contributed by atoms with Crippen LogP contribution in [0.5, 0.6) is 5.75 Å². The lowest BCUT2D eigenvalue weighted by Gasteiger charge is -2.19. The monoisotopic (exact) mass is 755 g/mol. The molecule has 0 saturated carbocycles. The fourth-order valence-electron chi connectivity index (χ4n) is 5.90. The second-order valence-corrected chi connectivity index (χ2v) is 15.4. The van der Waals surface area contributed by atoms with E-state index in [4.69, 9.17) is 30.8 Å². The number of rotatable bonds is 12. The number of esters is 1. The zero-order valence-corrected chi connectivity index (χ0v) is 32.3. The summed E-state index contributed by atoms with van der Waals surface area (Å²) in [7, 11) is 0. The minimum atomic E-state index is -0.565. The van der Waals surface area contributed by atoms with Crippen molar-refractivity contribution in [2.75, 3.05) is 19.8 Å². The minimum absolute atomic E-state index is 0.0861. The molecular weight excluding hydrogens is 714 g/mol. The maximum atomic E-state index is 13.6. The Kier molecular flexibility index (Phi) is 11.4. The molecule has 1 N–H and O–H groups in total. The van der Waals surface area contributed by atoms with Gasteiger partial charge < -0.3 is 19.5 Å². The van der Waals surface area contributed by atoms with Crippen LogP contribution in [-0.2, 0) is 19.1 Å². The number of carbonyl (C=O) groups excluding carboxylic acids is 2. The Morgan fingerprint density at radius 3 is 2.32 bits per heavy atom. The number of ether oxygens (including phenoxy) is 3. The number of halogens is 1. The van der Waals surface area contributed by atoms with Gasteiger partial charge in [0, 0.05) is 26.6 Å². The summed E-state index contributed by atoms with van der Waals surface area (Å²) in [6.45, 7) is 13.8. The number of carbonyl (C=O) groups is 2. The van der Waals surface area contributed by atoms with Crippen LogP contribution in [0.1, 0.15) is 85.0 Å². The summed E-state index contributed by atoms with van der Waals surface area (Å²) in [4.78, 5) is 40.7. The van der Waals surface area contributed by atoms with Crippen molar-refractivity contribution in [1.29, 1.82) is 0 Å². The molecule has 276 valence electrons. The van der Waals surface area contributed by atoms with Crippen molar-refractivity contribution in [2.24, 2.45) is 4.99 Å². The Morgan fingerprint density at radius 1 is 0.962 bits per heavy atom. The number of nitrogens with zero attached hydrogens (tertiary/aromatic N) is 6. The van der Waals surface area contributed by atoms with Gasteiger partial charge >= 0.3 is 5.97 Å². The number of aromatic nitrogens is 5. The van der Waals surface area contributed by atoms with Crippen LogP contribution in [0.15, 0.2) is 65.9 Å². The van der Waals surface area contributed by atoms with Gasteiger partial charge in [-0.05, 0) is 71.7 Å². The lowest BCUT2D eigenvalue weighted by Crippen LogP contribution is -2.28. The Balaban J connectivity index is 1.09. The van der Waals surface area contributed by atoms with Gasteiger partial charge in [0.25, 0.3) is 0 Å². The average Bonchev–Trinajstić information content (AvgIpc) is 3.59. The largest absolute Gasteiger partial charge is 0.488 e. The number of aryl methyl sites for hydroxylation is 2. The van der Waals surface area contributed by atoms with Gasteiger partial charge in [-0.15, -0.1) is 21.5 Å². The molecule has 0 unspecified atom stereocenters. The van der Waals surface area contributed by atoms with Crippen LogP contribution in [-0.4, -0.2) is 67.7 Å². The van der Waals surface area contributed by atoms with Gasteiger partial charge in [0.15, 0.2) is 17.4 Å². The number of hydrogen-bond donors (Lipinski definition) is 1. The first kappa shape index (κ1) is 37.8. The molecule has 5 aromatic rings. The molecule has 12 nitrogen and oxygen atoms in total. The molecule has 1 amide bonds. The molecule has 1 aliphatic heterocycles. The van der Waals surface area contributed by atoms with Crippen molar-refractivity contribution in [3.63, 3.8) is 0 Å². The van der Waals surface area contributed by atoms with E-state index in [1.165, 1.54) is 4.88 Å². The molecule has 0 fully saturated rings. The fraction of sp³-hybridized carbons (Fsp3) is 0.359. The standard InChI is InChI=1S/C39H42ClN7O5S/c1-22-24(3)53-38-34(22)35(27-12-14-29(40)15-13-27)44-31(37-46-45-25(4)47(37)38)18-32(48)43-23(2)26-8-10-28(11-9-26)36-41-19-30(20-42-36)51-17-16-50-21-33(49)52-39(5,6)7/h8-15,19-20,23,31H,16-18,21H2,1-7H3,(H,43,48)/t23-,31-/m0/s1. The summed E-state index contributed by atoms with van der Waals surface area (Å²) >= 11 is 7.91. The Labute approximate surface area is 317 Å². The first-order chi connectivity index (χ1) is 25.3. The zero-order chi connectivity index (χ0) is 37.9. The fourth-order valence-corrected chi connectivity index (χ4v) is 7.24. The summed E-state index contributed by atoms with van der Waals surface area (Å²) in [5.41, 5.74) is 5.05. The van der Waals surface area contributed by atoms with E-state index in [0.717, 1.165) is 44.4 Å². The molecular formula is C39H42ClN7O5S. The normalized spacial score (nSPS) is 14.4. The summed E-state index contributed by atoms with van der Waals surface area (Å²) in [6.07, 6.45) is 3.26. The van der Waals surface area contributed by atoms with Gasteiger partial charge in [-0.2, -0.15) is 0 Å². The molecule has 53 heavy (non-hydrogen) atoms. The third-order valence-corrected chi connectivity index (χ3v) is 9.99. The highest BCUT2D eigenvalue weighted by molar-refractivity contribution is 7.15. The molecule has 0 radical (unpaired) electrons. The lowest BCUT2D eigenvalue weighted by atomic mass is 9.99. The quantitative estimate of drug-likeness (QED) is 0.103. The number of nitrogens with one attached hydrogen (secondary N) is 1. The Morgan fingerprint density at radius 2 is 1.64 bits per heavy atom. The summed E-state index contributed by atoms with van der Waals surface area (Å²) in [5, 5.41) is 13.7. The molecule has 2 aromatic carbocycles. The van der Waals surface area contributed by atoms with Gasteiger partial charge in [-0.3, -0.25) is 14.4 Å². The molecule has 6 rings (SSSR count). The molecule has 2 atom stereocenters. The number of hydrogen-bond acceptors (Lipinski definition) is 11. The van der Waals surface area contributed by atoms with Crippen molar-refractivity contribution in [2.45, 2.75) is 72.6 Å². The number of amides is 1. The third kappa shape index (κ3) is 8.98. The topological polar surface area (TPSA) is 143 Å². The van der Waals surface area contributed by atoms with Gasteiger partial charge in [0.2, 0.25) is 5.91 Å². The highest BCUT2D eigenvalue weighted by Gasteiger charge is 2.32. The van der Waals surface area contributed by atoms with Crippen LogP contribution in [0.4, 0.5) is 0 Å². The van der Waals surface area contributed by atoms with Crippen molar-refractivity contribution in [3.8, 4) is 22.1 Å². The Bertz CT molecular complexity index is 2120. The highest BCUT2D eigenvalue weighted by atomic mass is 35.5. The number of fused-ring (bicyclic) bond motifs is 3. The van der Waals surface area contributed by atoms with Crippen molar-refractivity contribution < 1.29 is 23.8 Å². The summed E-state index contributed by atoms with van der Waals surface area (Å²) in [5.74, 6) is 1.79. The number of aliphatic imine (C=N–C) groups is 1. The van der Waals surface area contributed by atoms with Crippen LogP contribution in [0, 0.1) is 20.8 Å². The summed E-state index contributed by atoms with van der Waals surface area (Å²) in [6, 6.07) is 14.5. The number of benzene rings is 2. The van der Waals surface area contributed by atoms with E-state index < -0.39 is 17.6 Å². The van der Waals surface area contributed by atoms with Gasteiger partial charge in [0.05, 0.1) is 37.2 Å². The van der Waals surface area contributed by atoms with E-state index in [1.807, 2.05) is 66.9 Å². The zero-order valence-electron chi connectivity index (χ0n) is 30.8. The molecule has 4 heterocycles. The molecule has 3 aromatic heterocycles. The second-order valence-electron chi connectivity index (χ2n) is 13.7. The smallest absolute Gasteiger partial charge is 0.332 e. The van der Waals surface area contributed by atoms with E-state index >= 15 is 0 Å². The maximum Gasteiger partial charge on any atom is 0.332 e. The van der Waals surface area contributed by atoms with Gasteiger partial charge in [-0.1, -0.05) is 48.0 Å². The minimum Gasteiger partial charge on any atom is -0.488 e. The molecule has 1 aliphatic rings. The third-order valence-electron chi connectivity index (χ3n) is 8.55. The van der Waals surface area contributed by atoms with Crippen molar-refractivity contribution >= 4 is 40.5 Å². The van der Waals surface area contributed by atoms with Crippen LogP contribution in [0.2, 0.25) is 5.02 Å². The predicted octanol–water partition coefficient (Wildman–Crippen LogP) is 7.26. The molecule has 0 bridgehead atoms. The maximum absolute atomic E-state index is 13.6. The van der Waals surface area contributed by atoms with Gasteiger partial charge in [0.1, 0.15) is 35.7 Å². The SMILES string of the molecule is Cc1sc2c(c1C)C(c1ccc(Cl)cc1)=N[C@@H](CC(=O)N[C@@H](C)c1ccc(-c3ncc(OCCOCC(=O)OC(C)(C)C)cn3)cc1)c1nnc(C)n1-2. The van der Waals surface area contributed by atoms with E-state index in [1.54, 1.807) is 44.5 Å². The predicted molar refractivity (Wildman–Crippen MR) is 204 cm³/mol. The first-order valence-electron chi connectivity index (χ1n) is 17.3. The van der Waals surface area contributed by atoms with E-state index in [2.05, 4.69) is 39.3 Å². The number of thiophene rings is 1. The van der Waals surface area contributed by atoms with E-state index in [9.17, 15) is 9.59 Å². The van der Waals surface area contributed by atoms with E-state index in [0.29, 0.717) is 22.4 Å². The van der Waals surface area contributed by atoms with Crippen LogP contribution in [0.3, 0.4) is 0 Å². The average molecular weight is 756 g/mol. The molecule has 0 saturated heterocycles. The van der Waals surface area contributed by atoms with E-state index in [-0.39, 0.29) is 38.2 Å². The molecule has 0 aliphatic carbocycles. The van der Waals surface area contributed by atoms with Crippen molar-refractivity contribution in [1.82, 2.24) is 30.0 Å². The van der Waals surface area contributed by atoms with Gasteiger partial charge in [-0.25, -0.2) is 14.8 Å². The lowest BCUT2D eigenvalue weighted by molar-refractivity contribution is -0.160. The molecule has 14 heteroatoms. The molecule has 0 spiro atoms. The Hall–Kier alpha value is -4.98. The van der Waals surface area contributed by atoms with Crippen LogP contribution >= 0.6 is 22.9 Å². The summed E-state index contributed by atoms with van der Waals surface area (Å²) < 4.78 is 18.2. The van der Waals surface area contributed by atoms with Crippen LogP contribution in [0.25, 0.3) is 16.4 Å². The van der Waals surface area contributed by atoms with Crippen molar-refractivity contribution in [3.05, 3.63) is 105 Å². The first-order valence-corrected chi connectivity index (χ1v) is 18.5.